The summed E-state index contributed by atoms with van der Waals surface area (Å²) in [6.07, 6.45) is 3.30. The molecule has 0 bridgehead atoms. The zero-order valence-electron chi connectivity index (χ0n) is 12.5. The van der Waals surface area contributed by atoms with Gasteiger partial charge in [-0.2, -0.15) is 10.1 Å². The number of anilines is 3. The van der Waals surface area contributed by atoms with Crippen LogP contribution in [0.5, 0.6) is 0 Å². The van der Waals surface area contributed by atoms with Crippen LogP contribution < -0.4 is 10.6 Å². The monoisotopic (exact) mass is 326 g/mol. The highest BCUT2D eigenvalue weighted by Crippen LogP contribution is 2.22. The standard InChI is InChI=1S/C16H15ClN6/c1-11-5-6-12(8-14(11)17)21-15-10-20-23-16(22-15)19-9-13-4-2-3-7-18-13/h2-8,10H,9H2,1H3,(H2,19,21,22,23). The smallest absolute Gasteiger partial charge is 0.245 e. The SMILES string of the molecule is Cc1ccc(Nc2cnnc(NCc3ccccn3)n2)cc1Cl. The number of halogens is 1. The van der Waals surface area contributed by atoms with Crippen molar-refractivity contribution in [3.05, 3.63) is 65.1 Å². The number of hydrogen-bond donors (Lipinski definition) is 2. The third-order valence-electron chi connectivity index (χ3n) is 3.16. The van der Waals surface area contributed by atoms with E-state index in [1.165, 1.54) is 0 Å². The first-order valence-corrected chi connectivity index (χ1v) is 7.45. The minimum atomic E-state index is 0.430. The first kappa shape index (κ1) is 15.2. The molecule has 3 aromatic rings. The molecule has 0 atom stereocenters. The van der Waals surface area contributed by atoms with Gasteiger partial charge in [0.2, 0.25) is 5.95 Å². The fourth-order valence-corrected chi connectivity index (χ4v) is 2.11. The Bertz CT molecular complexity index is 794. The number of hydrogen-bond acceptors (Lipinski definition) is 6. The number of rotatable bonds is 5. The molecule has 0 saturated carbocycles. The average molecular weight is 327 g/mol. The fourth-order valence-electron chi connectivity index (χ4n) is 1.93. The molecular formula is C16H15ClN6. The maximum absolute atomic E-state index is 6.12. The Morgan fingerprint density at radius 3 is 2.87 bits per heavy atom. The molecule has 0 saturated heterocycles. The highest BCUT2D eigenvalue weighted by atomic mass is 35.5. The van der Waals surface area contributed by atoms with Gasteiger partial charge < -0.3 is 10.6 Å². The molecule has 2 aromatic heterocycles. The van der Waals surface area contributed by atoms with E-state index in [9.17, 15) is 0 Å². The number of aryl methyl sites for hydroxylation is 1. The van der Waals surface area contributed by atoms with Gasteiger partial charge in [0.1, 0.15) is 0 Å². The van der Waals surface area contributed by atoms with Crippen LogP contribution in [0.25, 0.3) is 0 Å². The van der Waals surface area contributed by atoms with Gasteiger partial charge in [0.05, 0.1) is 18.4 Å². The Morgan fingerprint density at radius 2 is 2.09 bits per heavy atom. The number of aromatic nitrogens is 4. The lowest BCUT2D eigenvalue weighted by atomic mass is 10.2. The lowest BCUT2D eigenvalue weighted by Gasteiger charge is -2.08. The minimum Gasteiger partial charge on any atom is -0.347 e. The summed E-state index contributed by atoms with van der Waals surface area (Å²) < 4.78 is 0. The van der Waals surface area contributed by atoms with Gasteiger partial charge >= 0.3 is 0 Å². The van der Waals surface area contributed by atoms with Crippen LogP contribution in [-0.2, 0) is 6.54 Å². The van der Waals surface area contributed by atoms with Crippen molar-refractivity contribution >= 4 is 29.1 Å². The van der Waals surface area contributed by atoms with Crippen LogP contribution in [-0.4, -0.2) is 20.2 Å². The normalized spacial score (nSPS) is 10.3. The first-order valence-electron chi connectivity index (χ1n) is 7.07. The molecule has 0 aliphatic rings. The molecule has 0 aliphatic heterocycles. The summed E-state index contributed by atoms with van der Waals surface area (Å²) in [6, 6.07) is 11.5. The fraction of sp³-hybridized carbons (Fsp3) is 0.125. The number of nitrogens with one attached hydrogen (secondary N) is 2. The molecular weight excluding hydrogens is 312 g/mol. The first-order chi connectivity index (χ1) is 11.2. The molecule has 23 heavy (non-hydrogen) atoms. The second kappa shape index (κ2) is 7.02. The Morgan fingerprint density at radius 1 is 1.17 bits per heavy atom. The number of nitrogens with zero attached hydrogens (tertiary/aromatic N) is 4. The molecule has 0 aliphatic carbocycles. The summed E-state index contributed by atoms with van der Waals surface area (Å²) in [5.74, 6) is 1.02. The third kappa shape index (κ3) is 4.14. The van der Waals surface area contributed by atoms with Crippen LogP contribution in [0, 0.1) is 6.92 Å². The summed E-state index contributed by atoms with van der Waals surface area (Å²) in [5, 5.41) is 14.9. The van der Waals surface area contributed by atoms with E-state index in [4.69, 9.17) is 11.6 Å². The summed E-state index contributed by atoms with van der Waals surface area (Å²) in [7, 11) is 0. The van der Waals surface area contributed by atoms with Gasteiger partial charge in [-0.05, 0) is 36.8 Å². The van der Waals surface area contributed by atoms with Crippen molar-refractivity contribution in [2.75, 3.05) is 10.6 Å². The maximum Gasteiger partial charge on any atom is 0.245 e. The van der Waals surface area contributed by atoms with E-state index in [1.54, 1.807) is 12.4 Å². The van der Waals surface area contributed by atoms with Crippen LogP contribution in [0.15, 0.2) is 48.8 Å². The van der Waals surface area contributed by atoms with Crippen molar-refractivity contribution in [3.63, 3.8) is 0 Å². The second-order valence-electron chi connectivity index (χ2n) is 4.93. The molecule has 3 rings (SSSR count). The lowest BCUT2D eigenvalue weighted by molar-refractivity contribution is 0.934. The van der Waals surface area contributed by atoms with E-state index in [-0.39, 0.29) is 0 Å². The zero-order chi connectivity index (χ0) is 16.1. The van der Waals surface area contributed by atoms with E-state index in [0.717, 1.165) is 16.9 Å². The van der Waals surface area contributed by atoms with Gasteiger partial charge in [0.25, 0.3) is 0 Å². The van der Waals surface area contributed by atoms with Crippen LogP contribution >= 0.6 is 11.6 Å². The van der Waals surface area contributed by atoms with E-state index >= 15 is 0 Å². The highest BCUT2D eigenvalue weighted by molar-refractivity contribution is 6.31. The van der Waals surface area contributed by atoms with Crippen LogP contribution in [0.2, 0.25) is 5.02 Å². The topological polar surface area (TPSA) is 75.6 Å². The predicted octanol–water partition coefficient (Wildman–Crippen LogP) is 3.58. The maximum atomic E-state index is 6.12. The molecule has 6 nitrogen and oxygen atoms in total. The van der Waals surface area contributed by atoms with Crippen LogP contribution in [0.4, 0.5) is 17.5 Å². The van der Waals surface area contributed by atoms with Crippen LogP contribution in [0.3, 0.4) is 0 Å². The lowest BCUT2D eigenvalue weighted by Crippen LogP contribution is -2.07. The van der Waals surface area contributed by atoms with E-state index in [2.05, 4.69) is 30.8 Å². The summed E-state index contributed by atoms with van der Waals surface area (Å²) in [6.45, 7) is 2.49. The molecule has 116 valence electrons. The van der Waals surface area contributed by atoms with Gasteiger partial charge in [-0.1, -0.05) is 23.7 Å². The predicted molar refractivity (Wildman–Crippen MR) is 90.9 cm³/mol. The molecule has 1 aromatic carbocycles. The minimum absolute atomic E-state index is 0.430. The molecule has 2 N–H and O–H groups in total. The van der Waals surface area contributed by atoms with Gasteiger partial charge in [-0.3, -0.25) is 4.98 Å². The van der Waals surface area contributed by atoms with Crippen molar-refractivity contribution in [2.45, 2.75) is 13.5 Å². The molecule has 7 heteroatoms. The third-order valence-corrected chi connectivity index (χ3v) is 3.56. The quantitative estimate of drug-likeness (QED) is 0.746. The summed E-state index contributed by atoms with van der Waals surface area (Å²) in [5.41, 5.74) is 2.77. The number of pyridine rings is 1. The molecule has 0 fully saturated rings. The van der Waals surface area contributed by atoms with Gasteiger partial charge in [-0.25, -0.2) is 0 Å². The van der Waals surface area contributed by atoms with Crippen molar-refractivity contribution in [1.29, 1.82) is 0 Å². The Kier molecular flexibility index (Phi) is 4.63. The van der Waals surface area contributed by atoms with Crippen molar-refractivity contribution in [3.8, 4) is 0 Å². The number of benzene rings is 1. The Hall–Kier alpha value is -2.73. The van der Waals surface area contributed by atoms with E-state index in [0.29, 0.717) is 23.3 Å². The second-order valence-corrected chi connectivity index (χ2v) is 5.34. The summed E-state index contributed by atoms with van der Waals surface area (Å²) >= 11 is 6.12. The zero-order valence-corrected chi connectivity index (χ0v) is 13.2. The largest absolute Gasteiger partial charge is 0.347 e. The Labute approximate surface area is 139 Å². The van der Waals surface area contributed by atoms with Crippen molar-refractivity contribution < 1.29 is 0 Å². The van der Waals surface area contributed by atoms with E-state index in [1.807, 2.05) is 43.3 Å². The molecule has 0 radical (unpaired) electrons. The molecule has 0 amide bonds. The van der Waals surface area contributed by atoms with Crippen molar-refractivity contribution in [1.82, 2.24) is 20.2 Å². The van der Waals surface area contributed by atoms with Crippen LogP contribution in [0.1, 0.15) is 11.3 Å². The summed E-state index contributed by atoms with van der Waals surface area (Å²) in [4.78, 5) is 8.60. The van der Waals surface area contributed by atoms with Gasteiger partial charge in [0, 0.05) is 16.9 Å². The Balaban J connectivity index is 1.68. The van der Waals surface area contributed by atoms with Gasteiger partial charge in [0.15, 0.2) is 5.82 Å². The molecule has 2 heterocycles. The average Bonchev–Trinajstić information content (AvgIpc) is 2.58. The highest BCUT2D eigenvalue weighted by Gasteiger charge is 2.03. The van der Waals surface area contributed by atoms with Crippen molar-refractivity contribution in [2.24, 2.45) is 0 Å². The molecule has 0 spiro atoms. The van der Waals surface area contributed by atoms with Gasteiger partial charge in [-0.15, -0.1) is 5.10 Å². The molecule has 0 unspecified atom stereocenters. The van der Waals surface area contributed by atoms with E-state index < -0.39 is 0 Å².